The summed E-state index contributed by atoms with van der Waals surface area (Å²) in [5, 5.41) is 4.22. The number of nitrogens with zero attached hydrogens (tertiary/aromatic N) is 3. The van der Waals surface area contributed by atoms with E-state index in [4.69, 9.17) is 0 Å². The lowest BCUT2D eigenvalue weighted by molar-refractivity contribution is 0.513. The van der Waals surface area contributed by atoms with Crippen molar-refractivity contribution in [3.63, 3.8) is 0 Å². The number of aromatic nitrogens is 2. The molecule has 0 atom stereocenters. The first kappa shape index (κ1) is 14.4. The average molecular weight is 280 g/mol. The Morgan fingerprint density at radius 1 is 1.42 bits per heavy atom. The number of rotatable bonds is 5. The number of hydrogen-bond donors (Lipinski definition) is 1. The van der Waals surface area contributed by atoms with Crippen molar-refractivity contribution >= 4 is 23.4 Å². The Labute approximate surface area is 120 Å². The Bertz CT molecular complexity index is 433. The highest BCUT2D eigenvalue weighted by molar-refractivity contribution is 7.98. The van der Waals surface area contributed by atoms with Crippen molar-refractivity contribution in [1.29, 1.82) is 0 Å². The van der Waals surface area contributed by atoms with Gasteiger partial charge in [0.05, 0.1) is 0 Å². The van der Waals surface area contributed by atoms with E-state index in [0.717, 1.165) is 36.3 Å². The molecule has 19 heavy (non-hydrogen) atoms. The highest BCUT2D eigenvalue weighted by Crippen LogP contribution is 2.33. The molecule has 2 heterocycles. The van der Waals surface area contributed by atoms with Crippen molar-refractivity contribution in [1.82, 2.24) is 9.97 Å². The lowest BCUT2D eigenvalue weighted by Gasteiger charge is -2.33. The van der Waals surface area contributed by atoms with Crippen LogP contribution in [0.15, 0.2) is 11.2 Å². The Hall–Kier alpha value is -0.970. The van der Waals surface area contributed by atoms with Crippen molar-refractivity contribution < 1.29 is 0 Å². The normalized spacial score (nSPS) is 17.8. The van der Waals surface area contributed by atoms with Crippen LogP contribution in [0.4, 0.5) is 11.6 Å². The molecule has 0 aliphatic carbocycles. The quantitative estimate of drug-likeness (QED) is 0.661. The molecular weight excluding hydrogens is 256 g/mol. The van der Waals surface area contributed by atoms with Crippen LogP contribution in [-0.4, -0.2) is 34.9 Å². The summed E-state index contributed by atoms with van der Waals surface area (Å²) in [4.78, 5) is 11.6. The van der Waals surface area contributed by atoms with Crippen molar-refractivity contribution in [2.75, 3.05) is 29.6 Å². The van der Waals surface area contributed by atoms with Gasteiger partial charge >= 0.3 is 0 Å². The van der Waals surface area contributed by atoms with E-state index in [1.807, 2.05) is 6.26 Å². The molecule has 2 rings (SSSR count). The van der Waals surface area contributed by atoms with Crippen LogP contribution in [0.2, 0.25) is 0 Å². The zero-order valence-electron chi connectivity index (χ0n) is 12.4. The third-order valence-corrected chi connectivity index (χ3v) is 4.16. The van der Waals surface area contributed by atoms with Gasteiger partial charge in [-0.05, 0) is 39.4 Å². The second kappa shape index (κ2) is 5.99. The van der Waals surface area contributed by atoms with Crippen LogP contribution in [0.3, 0.4) is 0 Å². The highest BCUT2D eigenvalue weighted by atomic mass is 32.2. The van der Waals surface area contributed by atoms with Crippen molar-refractivity contribution in [2.45, 2.75) is 50.7 Å². The molecule has 0 amide bonds. The zero-order chi connectivity index (χ0) is 13.9. The van der Waals surface area contributed by atoms with Gasteiger partial charge in [0.25, 0.3) is 0 Å². The number of hydrogen-bond acceptors (Lipinski definition) is 5. The van der Waals surface area contributed by atoms with Gasteiger partial charge in [-0.3, -0.25) is 0 Å². The molecule has 1 N–H and O–H groups in total. The molecule has 0 unspecified atom stereocenters. The van der Waals surface area contributed by atoms with Crippen molar-refractivity contribution in [2.24, 2.45) is 0 Å². The van der Waals surface area contributed by atoms with Crippen LogP contribution in [-0.2, 0) is 0 Å². The Morgan fingerprint density at radius 3 is 2.79 bits per heavy atom. The third-order valence-electron chi connectivity index (χ3n) is 3.61. The molecule has 0 spiro atoms. The maximum Gasteiger partial charge on any atom is 0.191 e. The van der Waals surface area contributed by atoms with E-state index < -0.39 is 0 Å². The van der Waals surface area contributed by atoms with Gasteiger partial charge in [-0.1, -0.05) is 18.7 Å². The molecule has 0 aromatic carbocycles. The summed E-state index contributed by atoms with van der Waals surface area (Å²) in [7, 11) is 0. The molecule has 0 radical (unpaired) electrons. The van der Waals surface area contributed by atoms with Gasteiger partial charge in [-0.2, -0.15) is 0 Å². The second-order valence-electron chi connectivity index (χ2n) is 5.59. The van der Waals surface area contributed by atoms with E-state index in [2.05, 4.69) is 47.0 Å². The SMILES string of the molecule is CCCNc1cc(N2CCCC2(C)C)nc(SC)n1. The smallest absolute Gasteiger partial charge is 0.191 e. The Kier molecular flexibility index (Phi) is 4.55. The fraction of sp³-hybridized carbons (Fsp3) is 0.714. The van der Waals surface area contributed by atoms with Crippen LogP contribution >= 0.6 is 11.8 Å². The molecule has 1 fully saturated rings. The minimum Gasteiger partial charge on any atom is -0.370 e. The molecule has 1 aromatic rings. The van der Waals surface area contributed by atoms with E-state index >= 15 is 0 Å². The molecule has 1 aliphatic rings. The lowest BCUT2D eigenvalue weighted by Crippen LogP contribution is -2.38. The second-order valence-corrected chi connectivity index (χ2v) is 6.37. The van der Waals surface area contributed by atoms with Gasteiger partial charge in [0.2, 0.25) is 0 Å². The molecule has 1 aliphatic heterocycles. The minimum absolute atomic E-state index is 0.200. The number of thioether (sulfide) groups is 1. The maximum atomic E-state index is 4.68. The molecule has 0 bridgehead atoms. The highest BCUT2D eigenvalue weighted by Gasteiger charge is 2.33. The Balaban J connectivity index is 2.28. The Morgan fingerprint density at radius 2 is 2.21 bits per heavy atom. The van der Waals surface area contributed by atoms with E-state index in [9.17, 15) is 0 Å². The summed E-state index contributed by atoms with van der Waals surface area (Å²) in [5.41, 5.74) is 0.200. The van der Waals surface area contributed by atoms with Crippen LogP contribution in [0.1, 0.15) is 40.0 Å². The zero-order valence-corrected chi connectivity index (χ0v) is 13.2. The first-order valence-electron chi connectivity index (χ1n) is 7.01. The van der Waals surface area contributed by atoms with Crippen molar-refractivity contribution in [3.05, 3.63) is 6.07 Å². The molecule has 1 aromatic heterocycles. The largest absolute Gasteiger partial charge is 0.370 e. The topological polar surface area (TPSA) is 41.0 Å². The molecule has 4 nitrogen and oxygen atoms in total. The fourth-order valence-corrected chi connectivity index (χ4v) is 2.89. The summed E-state index contributed by atoms with van der Waals surface area (Å²) < 4.78 is 0. The van der Waals surface area contributed by atoms with Crippen LogP contribution in [0.5, 0.6) is 0 Å². The third kappa shape index (κ3) is 3.32. The summed E-state index contributed by atoms with van der Waals surface area (Å²) in [5.74, 6) is 2.00. The molecule has 5 heteroatoms. The van der Waals surface area contributed by atoms with Gasteiger partial charge in [0, 0.05) is 24.7 Å². The molecule has 106 valence electrons. The molecule has 1 saturated heterocycles. The van der Waals surface area contributed by atoms with Crippen LogP contribution < -0.4 is 10.2 Å². The van der Waals surface area contributed by atoms with Crippen LogP contribution in [0.25, 0.3) is 0 Å². The van der Waals surface area contributed by atoms with E-state index in [0.29, 0.717) is 0 Å². The average Bonchev–Trinajstić information content (AvgIpc) is 2.75. The van der Waals surface area contributed by atoms with Crippen LogP contribution in [0, 0.1) is 0 Å². The van der Waals surface area contributed by atoms with Gasteiger partial charge < -0.3 is 10.2 Å². The monoisotopic (exact) mass is 280 g/mol. The summed E-state index contributed by atoms with van der Waals surface area (Å²) in [6.07, 6.45) is 5.59. The standard InChI is InChI=1S/C14H24N4S/c1-5-8-15-11-10-12(17-13(16-11)19-4)18-9-6-7-14(18,2)3/h10H,5-9H2,1-4H3,(H,15,16,17). The minimum atomic E-state index is 0.200. The maximum absolute atomic E-state index is 4.68. The van der Waals surface area contributed by atoms with Gasteiger partial charge in [-0.25, -0.2) is 9.97 Å². The van der Waals surface area contributed by atoms with Crippen molar-refractivity contribution in [3.8, 4) is 0 Å². The summed E-state index contributed by atoms with van der Waals surface area (Å²) >= 11 is 1.60. The van der Waals surface area contributed by atoms with Gasteiger partial charge in [0.15, 0.2) is 5.16 Å². The summed E-state index contributed by atoms with van der Waals surface area (Å²) in [6, 6.07) is 2.09. The first-order chi connectivity index (χ1) is 9.06. The summed E-state index contributed by atoms with van der Waals surface area (Å²) in [6.45, 7) is 8.78. The molecular formula is C14H24N4S. The lowest BCUT2D eigenvalue weighted by atomic mass is 10.0. The van der Waals surface area contributed by atoms with E-state index in [1.165, 1.54) is 12.8 Å². The predicted octanol–water partition coefficient (Wildman–Crippen LogP) is 3.40. The number of nitrogens with one attached hydrogen (secondary N) is 1. The van der Waals surface area contributed by atoms with E-state index in [1.54, 1.807) is 11.8 Å². The number of anilines is 2. The fourth-order valence-electron chi connectivity index (χ4n) is 2.52. The predicted molar refractivity (Wildman–Crippen MR) is 83.3 cm³/mol. The molecule has 0 saturated carbocycles. The first-order valence-corrected chi connectivity index (χ1v) is 8.24. The van der Waals surface area contributed by atoms with Gasteiger partial charge in [-0.15, -0.1) is 0 Å². The van der Waals surface area contributed by atoms with E-state index in [-0.39, 0.29) is 5.54 Å². The van der Waals surface area contributed by atoms with Gasteiger partial charge in [0.1, 0.15) is 11.6 Å².